The lowest BCUT2D eigenvalue weighted by Gasteiger charge is -2.36. The first kappa shape index (κ1) is 21.5. The van der Waals surface area contributed by atoms with Gasteiger partial charge >= 0.3 is 0 Å². The standard InChI is InChI=1S/C24H22F2N4O2/c1-15-2-6-20(25)23-19(15)12-17(28-24(23)32)4-7-22(31)30-10-8-29(9-11-30)18-5-3-16(14-27)21(26)13-18/h2-3,5-6,12-13H,4,7-11H2,1H3,(H,28,32). The molecule has 2 heterocycles. The Bertz CT molecular complexity index is 1290. The number of hydrogen-bond acceptors (Lipinski definition) is 4. The summed E-state index contributed by atoms with van der Waals surface area (Å²) in [6.45, 7) is 3.93. The van der Waals surface area contributed by atoms with E-state index in [-0.39, 0.29) is 23.3 Å². The van der Waals surface area contributed by atoms with Crippen molar-refractivity contribution < 1.29 is 13.6 Å². The number of carbonyl (C=O) groups excluding carboxylic acids is 1. The summed E-state index contributed by atoms with van der Waals surface area (Å²) in [5, 5.41) is 9.45. The number of aryl methyl sites for hydroxylation is 2. The molecule has 3 aromatic rings. The van der Waals surface area contributed by atoms with Crippen molar-refractivity contribution in [2.24, 2.45) is 0 Å². The number of carbonyl (C=O) groups is 1. The smallest absolute Gasteiger partial charge is 0.259 e. The number of halogens is 2. The quantitative estimate of drug-likeness (QED) is 0.681. The summed E-state index contributed by atoms with van der Waals surface area (Å²) >= 11 is 0. The first-order chi connectivity index (χ1) is 15.4. The maximum absolute atomic E-state index is 14.0. The molecule has 0 atom stereocenters. The lowest BCUT2D eigenvalue weighted by molar-refractivity contribution is -0.131. The number of nitrogens with zero attached hydrogens (tertiary/aromatic N) is 3. The van der Waals surface area contributed by atoms with E-state index in [9.17, 15) is 18.4 Å². The summed E-state index contributed by atoms with van der Waals surface area (Å²) in [5.41, 5.74) is 1.60. The van der Waals surface area contributed by atoms with Gasteiger partial charge in [-0.3, -0.25) is 9.59 Å². The van der Waals surface area contributed by atoms with E-state index in [0.29, 0.717) is 49.4 Å². The van der Waals surface area contributed by atoms with Gasteiger partial charge in [0, 0.05) is 44.0 Å². The number of nitrogens with one attached hydrogen (secondary N) is 1. The highest BCUT2D eigenvalue weighted by atomic mass is 19.1. The molecule has 0 spiro atoms. The zero-order valence-corrected chi connectivity index (χ0v) is 17.6. The number of hydrogen-bond donors (Lipinski definition) is 1. The molecule has 2 aromatic carbocycles. The van der Waals surface area contributed by atoms with Crippen molar-refractivity contribution in [3.8, 4) is 6.07 Å². The van der Waals surface area contributed by atoms with E-state index >= 15 is 0 Å². The van der Waals surface area contributed by atoms with Gasteiger partial charge < -0.3 is 14.8 Å². The van der Waals surface area contributed by atoms with Gasteiger partial charge in [0.25, 0.3) is 5.56 Å². The van der Waals surface area contributed by atoms with Gasteiger partial charge in [0.1, 0.15) is 17.7 Å². The number of anilines is 1. The van der Waals surface area contributed by atoms with Crippen LogP contribution in [-0.2, 0) is 11.2 Å². The molecule has 4 rings (SSSR count). The number of nitriles is 1. The fourth-order valence-corrected chi connectivity index (χ4v) is 4.07. The Hall–Kier alpha value is -3.73. The van der Waals surface area contributed by atoms with E-state index < -0.39 is 17.2 Å². The van der Waals surface area contributed by atoms with E-state index in [0.717, 1.165) is 5.56 Å². The number of fused-ring (bicyclic) bond motifs is 1. The van der Waals surface area contributed by atoms with Crippen LogP contribution >= 0.6 is 0 Å². The van der Waals surface area contributed by atoms with E-state index in [1.54, 1.807) is 29.2 Å². The molecule has 1 fully saturated rings. The summed E-state index contributed by atoms with van der Waals surface area (Å²) in [6.07, 6.45) is 0.572. The molecule has 1 N–H and O–H groups in total. The zero-order chi connectivity index (χ0) is 22.8. The molecule has 1 aromatic heterocycles. The van der Waals surface area contributed by atoms with Crippen LogP contribution in [-0.4, -0.2) is 42.0 Å². The molecule has 32 heavy (non-hydrogen) atoms. The highest BCUT2D eigenvalue weighted by Crippen LogP contribution is 2.21. The number of benzene rings is 2. The fourth-order valence-electron chi connectivity index (χ4n) is 4.07. The summed E-state index contributed by atoms with van der Waals surface area (Å²) in [4.78, 5) is 31.4. The number of amides is 1. The second-order valence-electron chi connectivity index (χ2n) is 7.92. The molecule has 1 aliphatic heterocycles. The second kappa shape index (κ2) is 8.79. The predicted octanol–water partition coefficient (Wildman–Crippen LogP) is 3.27. The minimum absolute atomic E-state index is 0.00669. The zero-order valence-electron chi connectivity index (χ0n) is 17.6. The summed E-state index contributed by atoms with van der Waals surface area (Å²) in [5.74, 6) is -1.15. The van der Waals surface area contributed by atoms with Crippen LogP contribution in [0.2, 0.25) is 0 Å². The Morgan fingerprint density at radius 2 is 1.84 bits per heavy atom. The number of pyridine rings is 1. The largest absolute Gasteiger partial charge is 0.368 e. The molecule has 164 valence electrons. The Labute approximate surface area is 183 Å². The van der Waals surface area contributed by atoms with Crippen molar-refractivity contribution in [1.29, 1.82) is 5.26 Å². The van der Waals surface area contributed by atoms with Crippen molar-refractivity contribution >= 4 is 22.4 Å². The minimum atomic E-state index is -0.561. The lowest BCUT2D eigenvalue weighted by Crippen LogP contribution is -2.48. The predicted molar refractivity (Wildman–Crippen MR) is 117 cm³/mol. The van der Waals surface area contributed by atoms with Crippen LogP contribution < -0.4 is 10.5 Å². The number of aromatic nitrogens is 1. The number of rotatable bonds is 4. The molecule has 1 aliphatic rings. The average molecular weight is 436 g/mol. The van der Waals surface area contributed by atoms with Crippen molar-refractivity contribution in [2.75, 3.05) is 31.1 Å². The van der Waals surface area contributed by atoms with Crippen molar-refractivity contribution in [2.45, 2.75) is 19.8 Å². The maximum atomic E-state index is 14.0. The molecule has 0 radical (unpaired) electrons. The van der Waals surface area contributed by atoms with Crippen LogP contribution in [0.15, 0.2) is 41.2 Å². The lowest BCUT2D eigenvalue weighted by atomic mass is 10.0. The van der Waals surface area contributed by atoms with Gasteiger partial charge in [-0.1, -0.05) is 6.07 Å². The fraction of sp³-hybridized carbons (Fsp3) is 0.292. The summed E-state index contributed by atoms with van der Waals surface area (Å²) in [7, 11) is 0. The highest BCUT2D eigenvalue weighted by Gasteiger charge is 2.22. The maximum Gasteiger partial charge on any atom is 0.259 e. The second-order valence-corrected chi connectivity index (χ2v) is 7.92. The Balaban J connectivity index is 1.38. The Morgan fingerprint density at radius 3 is 2.53 bits per heavy atom. The molecule has 1 amide bonds. The van der Waals surface area contributed by atoms with Crippen LogP contribution in [0, 0.1) is 29.9 Å². The molecule has 0 saturated carbocycles. The van der Waals surface area contributed by atoms with Crippen molar-refractivity contribution in [3.63, 3.8) is 0 Å². The molecule has 8 heteroatoms. The van der Waals surface area contributed by atoms with Gasteiger partial charge in [0.2, 0.25) is 5.91 Å². The van der Waals surface area contributed by atoms with Gasteiger partial charge in [0.15, 0.2) is 0 Å². The summed E-state index contributed by atoms with van der Waals surface area (Å²) < 4.78 is 27.9. The van der Waals surface area contributed by atoms with Gasteiger partial charge in [-0.05, 0) is 54.6 Å². The number of piperazine rings is 1. The van der Waals surface area contributed by atoms with Gasteiger partial charge in [-0.2, -0.15) is 5.26 Å². The highest BCUT2D eigenvalue weighted by molar-refractivity contribution is 5.85. The van der Waals surface area contributed by atoms with E-state index in [4.69, 9.17) is 5.26 Å². The third kappa shape index (κ3) is 4.19. The summed E-state index contributed by atoms with van der Waals surface area (Å²) in [6, 6.07) is 11.0. The van der Waals surface area contributed by atoms with Crippen LogP contribution in [0.5, 0.6) is 0 Å². The number of H-pyrrole nitrogens is 1. The van der Waals surface area contributed by atoms with E-state index in [1.165, 1.54) is 18.2 Å². The minimum Gasteiger partial charge on any atom is -0.368 e. The number of aromatic amines is 1. The van der Waals surface area contributed by atoms with Gasteiger partial charge in [0.05, 0.1) is 10.9 Å². The first-order valence-corrected chi connectivity index (χ1v) is 10.4. The topological polar surface area (TPSA) is 80.2 Å². The first-order valence-electron chi connectivity index (χ1n) is 10.4. The van der Waals surface area contributed by atoms with Crippen molar-refractivity contribution in [1.82, 2.24) is 9.88 Å². The van der Waals surface area contributed by atoms with Crippen LogP contribution in [0.4, 0.5) is 14.5 Å². The Morgan fingerprint density at radius 1 is 1.09 bits per heavy atom. The van der Waals surface area contributed by atoms with Crippen molar-refractivity contribution in [3.05, 3.63) is 75.2 Å². The molecule has 0 unspecified atom stereocenters. The van der Waals surface area contributed by atoms with E-state index in [2.05, 4.69) is 4.98 Å². The van der Waals surface area contributed by atoms with Crippen LogP contribution in [0.1, 0.15) is 23.2 Å². The average Bonchev–Trinajstić information content (AvgIpc) is 2.79. The Kier molecular flexibility index (Phi) is 5.91. The molecule has 0 bridgehead atoms. The third-order valence-corrected chi connectivity index (χ3v) is 5.91. The normalized spacial score (nSPS) is 13.9. The third-order valence-electron chi connectivity index (χ3n) is 5.91. The molecule has 6 nitrogen and oxygen atoms in total. The van der Waals surface area contributed by atoms with Gasteiger partial charge in [-0.15, -0.1) is 0 Å². The molecular weight excluding hydrogens is 414 g/mol. The van der Waals surface area contributed by atoms with E-state index in [1.807, 2.05) is 11.8 Å². The SMILES string of the molecule is Cc1ccc(F)c2c(=O)[nH]c(CCC(=O)N3CCN(c4ccc(C#N)c(F)c4)CC3)cc12. The van der Waals surface area contributed by atoms with Crippen LogP contribution in [0.25, 0.3) is 10.8 Å². The molecule has 1 saturated heterocycles. The monoisotopic (exact) mass is 436 g/mol. The van der Waals surface area contributed by atoms with Crippen LogP contribution in [0.3, 0.4) is 0 Å². The molecular formula is C24H22F2N4O2. The van der Waals surface area contributed by atoms with Gasteiger partial charge in [-0.25, -0.2) is 8.78 Å². The molecule has 0 aliphatic carbocycles.